The molecule has 1 aliphatic heterocycles. The number of hydrogen-bond donors (Lipinski definition) is 2. The maximum Gasteiger partial charge on any atom is 0.416 e. The second kappa shape index (κ2) is 11.7. The van der Waals surface area contributed by atoms with Gasteiger partial charge in [0.1, 0.15) is 0 Å². The molecule has 2 aromatic rings. The normalized spacial score (nSPS) is 16.3. The molecule has 1 fully saturated rings. The van der Waals surface area contributed by atoms with Crippen LogP contribution in [0.3, 0.4) is 0 Å². The minimum atomic E-state index is -4.36. The number of aliphatic imine (C=N–C) groups is 1. The summed E-state index contributed by atoms with van der Waals surface area (Å²) in [4.78, 5) is 8.54. The van der Waals surface area contributed by atoms with Crippen LogP contribution in [0.2, 0.25) is 0 Å². The number of ether oxygens (including phenoxy) is 1. The van der Waals surface area contributed by atoms with Crippen LogP contribution in [0, 0.1) is 0 Å². The van der Waals surface area contributed by atoms with Gasteiger partial charge in [-0.25, -0.2) is 0 Å². The fourth-order valence-electron chi connectivity index (χ4n) is 3.68. The Balaban J connectivity index is 0.00000341. The fourth-order valence-corrected chi connectivity index (χ4v) is 3.68. The molecule has 0 radical (unpaired) electrons. The Kier molecular flexibility index (Phi) is 9.54. The van der Waals surface area contributed by atoms with Gasteiger partial charge in [-0.3, -0.25) is 9.98 Å². The van der Waals surface area contributed by atoms with Gasteiger partial charge in [0.15, 0.2) is 5.96 Å². The molecule has 2 heterocycles. The lowest BCUT2D eigenvalue weighted by Crippen LogP contribution is -2.48. The Bertz CT molecular complexity index is 840. The summed E-state index contributed by atoms with van der Waals surface area (Å²) in [5.74, 6) is 0.615. The quantitative estimate of drug-likeness (QED) is 0.323. The number of guanidine groups is 1. The first kappa shape index (κ1) is 25.4. The van der Waals surface area contributed by atoms with Gasteiger partial charge in [-0.1, -0.05) is 24.3 Å². The molecule has 0 spiro atoms. The molecule has 0 atom stereocenters. The highest BCUT2D eigenvalue weighted by atomic mass is 127. The summed E-state index contributed by atoms with van der Waals surface area (Å²) in [5.41, 5.74) is 0.587. The van der Waals surface area contributed by atoms with Gasteiger partial charge in [-0.05, 0) is 36.6 Å². The first-order chi connectivity index (χ1) is 14.4. The van der Waals surface area contributed by atoms with Crippen molar-refractivity contribution < 1.29 is 17.9 Å². The van der Waals surface area contributed by atoms with E-state index < -0.39 is 17.2 Å². The van der Waals surface area contributed by atoms with Crippen molar-refractivity contribution in [2.24, 2.45) is 4.99 Å². The molecule has 31 heavy (non-hydrogen) atoms. The number of nitrogens with zero attached hydrogens (tertiary/aromatic N) is 2. The predicted molar refractivity (Wildman–Crippen MR) is 126 cm³/mol. The molecule has 5 nitrogen and oxygen atoms in total. The summed E-state index contributed by atoms with van der Waals surface area (Å²) in [6.07, 6.45) is -0.572. The lowest BCUT2D eigenvalue weighted by atomic mass is 9.73. The van der Waals surface area contributed by atoms with Crippen molar-refractivity contribution in [2.45, 2.75) is 30.9 Å². The molecule has 2 N–H and O–H groups in total. The number of rotatable bonds is 6. The van der Waals surface area contributed by atoms with E-state index in [9.17, 15) is 13.2 Å². The fraction of sp³-hybridized carbons (Fsp3) is 0.455. The first-order valence-corrected chi connectivity index (χ1v) is 10.0. The van der Waals surface area contributed by atoms with E-state index in [1.54, 1.807) is 19.3 Å². The number of aromatic nitrogens is 1. The minimum Gasteiger partial charge on any atom is -0.381 e. The largest absolute Gasteiger partial charge is 0.416 e. The van der Waals surface area contributed by atoms with Gasteiger partial charge in [0.2, 0.25) is 0 Å². The molecule has 0 unspecified atom stereocenters. The summed E-state index contributed by atoms with van der Waals surface area (Å²) in [7, 11) is 1.68. The van der Waals surface area contributed by atoms with Gasteiger partial charge in [0.05, 0.1) is 5.56 Å². The van der Waals surface area contributed by atoms with Crippen LogP contribution >= 0.6 is 24.0 Å². The number of alkyl halides is 3. The van der Waals surface area contributed by atoms with Gasteiger partial charge in [0, 0.05) is 57.1 Å². The smallest absolute Gasteiger partial charge is 0.381 e. The zero-order valence-electron chi connectivity index (χ0n) is 17.4. The lowest BCUT2D eigenvalue weighted by Gasteiger charge is -2.38. The van der Waals surface area contributed by atoms with Gasteiger partial charge in [-0.15, -0.1) is 24.0 Å². The van der Waals surface area contributed by atoms with E-state index in [2.05, 4.69) is 20.6 Å². The maximum atomic E-state index is 13.2. The number of hydrogen-bond acceptors (Lipinski definition) is 3. The lowest BCUT2D eigenvalue weighted by molar-refractivity contribution is -0.137. The molecule has 1 aromatic heterocycles. The Morgan fingerprint density at radius 3 is 2.55 bits per heavy atom. The Morgan fingerprint density at radius 1 is 1.13 bits per heavy atom. The molecule has 0 aliphatic carbocycles. The summed E-state index contributed by atoms with van der Waals surface area (Å²) < 4.78 is 45.2. The number of nitrogens with one attached hydrogen (secondary N) is 2. The van der Waals surface area contributed by atoms with Crippen LogP contribution in [-0.4, -0.2) is 44.3 Å². The van der Waals surface area contributed by atoms with Gasteiger partial charge in [0.25, 0.3) is 0 Å². The molecule has 0 saturated carbocycles. The molecular weight excluding hydrogens is 520 g/mol. The average molecular weight is 548 g/mol. The Hall–Kier alpha value is -1.88. The third kappa shape index (κ3) is 7.06. The molecule has 1 aromatic carbocycles. The van der Waals surface area contributed by atoms with E-state index in [4.69, 9.17) is 4.74 Å². The van der Waals surface area contributed by atoms with Crippen molar-refractivity contribution in [3.63, 3.8) is 0 Å². The second-order valence-electron chi connectivity index (χ2n) is 7.39. The topological polar surface area (TPSA) is 58.5 Å². The Labute approximate surface area is 197 Å². The highest BCUT2D eigenvalue weighted by molar-refractivity contribution is 14.0. The van der Waals surface area contributed by atoms with Crippen molar-refractivity contribution in [1.29, 1.82) is 0 Å². The molecule has 0 bridgehead atoms. The van der Waals surface area contributed by atoms with E-state index in [1.807, 2.05) is 18.2 Å². The Morgan fingerprint density at radius 2 is 1.90 bits per heavy atom. The third-order valence-corrected chi connectivity index (χ3v) is 5.47. The van der Waals surface area contributed by atoms with E-state index in [-0.39, 0.29) is 24.0 Å². The standard InChI is InChI=1S/C22H27F3N4O.HI/c1-26-20(28-12-8-19-7-2-3-11-27-19)29-16-21(9-13-30-14-10-21)17-5-4-6-18(15-17)22(23,24)25;/h2-7,11,15H,8-10,12-14,16H2,1H3,(H2,26,28,29);1H. The SMILES string of the molecule is CN=C(NCCc1ccccn1)NCC1(c2cccc(C(F)(F)F)c2)CCOCC1.I. The summed E-state index contributed by atoms with van der Waals surface area (Å²) in [6, 6.07) is 11.4. The van der Waals surface area contributed by atoms with E-state index in [0.717, 1.165) is 18.2 Å². The van der Waals surface area contributed by atoms with Gasteiger partial charge < -0.3 is 15.4 Å². The highest BCUT2D eigenvalue weighted by Crippen LogP contribution is 2.37. The van der Waals surface area contributed by atoms with Crippen LogP contribution in [0.15, 0.2) is 53.7 Å². The van der Waals surface area contributed by atoms with Crippen LogP contribution in [-0.2, 0) is 22.7 Å². The first-order valence-electron chi connectivity index (χ1n) is 10.0. The van der Waals surface area contributed by atoms with Crippen LogP contribution in [0.1, 0.15) is 29.7 Å². The van der Waals surface area contributed by atoms with Crippen molar-refractivity contribution in [3.8, 4) is 0 Å². The number of benzene rings is 1. The number of halogens is 4. The second-order valence-corrected chi connectivity index (χ2v) is 7.39. The summed E-state index contributed by atoms with van der Waals surface area (Å²) in [6.45, 7) is 2.16. The molecule has 9 heteroatoms. The van der Waals surface area contributed by atoms with Crippen LogP contribution in [0.25, 0.3) is 0 Å². The summed E-state index contributed by atoms with van der Waals surface area (Å²) in [5, 5.41) is 6.55. The van der Waals surface area contributed by atoms with Crippen molar-refractivity contribution in [3.05, 3.63) is 65.5 Å². The van der Waals surface area contributed by atoms with Gasteiger partial charge >= 0.3 is 6.18 Å². The number of pyridine rings is 1. The summed E-state index contributed by atoms with van der Waals surface area (Å²) >= 11 is 0. The van der Waals surface area contributed by atoms with E-state index in [1.165, 1.54) is 12.1 Å². The zero-order chi connectivity index (χ0) is 21.5. The molecule has 0 amide bonds. The molecule has 1 aliphatic rings. The van der Waals surface area contributed by atoms with Crippen LogP contribution in [0.5, 0.6) is 0 Å². The van der Waals surface area contributed by atoms with Gasteiger partial charge in [-0.2, -0.15) is 13.2 Å². The predicted octanol–water partition coefficient (Wildman–Crippen LogP) is 4.17. The van der Waals surface area contributed by atoms with Crippen molar-refractivity contribution >= 4 is 29.9 Å². The third-order valence-electron chi connectivity index (χ3n) is 5.47. The van der Waals surface area contributed by atoms with E-state index in [0.29, 0.717) is 50.7 Å². The van der Waals surface area contributed by atoms with Crippen LogP contribution in [0.4, 0.5) is 13.2 Å². The zero-order valence-corrected chi connectivity index (χ0v) is 19.7. The maximum absolute atomic E-state index is 13.2. The minimum absolute atomic E-state index is 0. The molecule has 170 valence electrons. The van der Waals surface area contributed by atoms with E-state index >= 15 is 0 Å². The van der Waals surface area contributed by atoms with Crippen molar-refractivity contribution in [1.82, 2.24) is 15.6 Å². The highest BCUT2D eigenvalue weighted by Gasteiger charge is 2.37. The monoisotopic (exact) mass is 548 g/mol. The van der Waals surface area contributed by atoms with Crippen molar-refractivity contribution in [2.75, 3.05) is 33.4 Å². The average Bonchev–Trinajstić information content (AvgIpc) is 2.77. The molecule has 3 rings (SSSR count). The molecular formula is C22H28F3IN4O. The molecule has 1 saturated heterocycles. The van der Waals surface area contributed by atoms with Crippen LogP contribution < -0.4 is 10.6 Å².